The quantitative estimate of drug-likeness (QED) is 0.602. The molecule has 1 aliphatic carbocycles. The van der Waals surface area contributed by atoms with Crippen LogP contribution in [-0.2, 0) is 4.79 Å². The lowest BCUT2D eigenvalue weighted by molar-refractivity contribution is -0.140. The maximum absolute atomic E-state index is 13.0. The second-order valence-electron chi connectivity index (χ2n) is 9.13. The highest BCUT2D eigenvalue weighted by Crippen LogP contribution is 2.28. The summed E-state index contributed by atoms with van der Waals surface area (Å²) in [5.74, 6) is 0.188. The average molecular weight is 376 g/mol. The molecule has 5 heteroatoms. The third-order valence-electron chi connectivity index (χ3n) is 5.38. The Hall–Kier alpha value is -1.59. The van der Waals surface area contributed by atoms with Crippen molar-refractivity contribution in [3.8, 4) is 0 Å². The van der Waals surface area contributed by atoms with E-state index in [1.54, 1.807) is 0 Å². The Morgan fingerprint density at radius 3 is 2.44 bits per heavy atom. The van der Waals surface area contributed by atoms with Gasteiger partial charge in [-0.3, -0.25) is 15.2 Å². The molecule has 0 bridgehead atoms. The van der Waals surface area contributed by atoms with Crippen LogP contribution in [0.2, 0.25) is 0 Å². The van der Waals surface area contributed by atoms with Crippen molar-refractivity contribution in [2.24, 2.45) is 17.1 Å². The Kier molecular flexibility index (Phi) is 8.11. The zero-order valence-corrected chi connectivity index (χ0v) is 17.2. The van der Waals surface area contributed by atoms with Crippen molar-refractivity contribution in [1.82, 2.24) is 5.01 Å². The van der Waals surface area contributed by atoms with Gasteiger partial charge in [-0.05, 0) is 36.3 Å². The summed E-state index contributed by atoms with van der Waals surface area (Å²) in [6, 6.07) is 9.06. The highest BCUT2D eigenvalue weighted by Gasteiger charge is 2.30. The van der Waals surface area contributed by atoms with E-state index < -0.39 is 12.1 Å². The van der Waals surface area contributed by atoms with Crippen LogP contribution in [0.25, 0.3) is 0 Å². The fourth-order valence-electron chi connectivity index (χ4n) is 3.62. The van der Waals surface area contributed by atoms with Crippen LogP contribution in [0.15, 0.2) is 30.3 Å². The van der Waals surface area contributed by atoms with Crippen molar-refractivity contribution in [2.45, 2.75) is 77.9 Å². The van der Waals surface area contributed by atoms with E-state index in [1.165, 1.54) is 24.3 Å². The molecule has 0 radical (unpaired) electrons. The number of amides is 1. The first-order chi connectivity index (χ1) is 12.8. The number of nitrogens with zero attached hydrogens (tertiary/aromatic N) is 1. The number of benzene rings is 1. The van der Waals surface area contributed by atoms with E-state index in [1.807, 2.05) is 30.3 Å². The summed E-state index contributed by atoms with van der Waals surface area (Å²) in [7, 11) is 0. The number of rotatable bonds is 8. The smallest absolute Gasteiger partial charge is 0.271 e. The van der Waals surface area contributed by atoms with Gasteiger partial charge in [0.2, 0.25) is 0 Å². The van der Waals surface area contributed by atoms with E-state index in [2.05, 4.69) is 26.2 Å². The minimum atomic E-state index is -1.18. The summed E-state index contributed by atoms with van der Waals surface area (Å²) in [5, 5.41) is 12.2. The number of nitrogens with two attached hydrogens (primary N) is 1. The number of nitrogens with one attached hydrogen (secondary N) is 1. The lowest BCUT2D eigenvalue weighted by atomic mass is 9.84. The summed E-state index contributed by atoms with van der Waals surface area (Å²) in [6.07, 6.45) is 6.42. The van der Waals surface area contributed by atoms with Gasteiger partial charge in [0.15, 0.2) is 0 Å². The Bertz CT molecular complexity index is 565. The first-order valence-electron chi connectivity index (χ1n) is 10.3. The van der Waals surface area contributed by atoms with Crippen LogP contribution in [0, 0.1) is 11.3 Å². The van der Waals surface area contributed by atoms with E-state index in [-0.39, 0.29) is 11.3 Å². The van der Waals surface area contributed by atoms with E-state index in [0.29, 0.717) is 18.9 Å². The summed E-state index contributed by atoms with van der Waals surface area (Å²) >= 11 is 0. The second kappa shape index (κ2) is 10.1. The largest absolute Gasteiger partial charge is 0.382 e. The van der Waals surface area contributed by atoms with Crippen LogP contribution in [0.4, 0.5) is 5.69 Å². The molecule has 0 saturated heterocycles. The van der Waals surface area contributed by atoms with Crippen LogP contribution in [0.1, 0.15) is 65.7 Å². The number of carbonyl (C=O) groups is 1. The van der Waals surface area contributed by atoms with Gasteiger partial charge in [0.1, 0.15) is 6.10 Å². The number of anilines is 1. The molecule has 1 unspecified atom stereocenters. The fourth-order valence-corrected chi connectivity index (χ4v) is 3.62. The molecule has 1 aromatic carbocycles. The molecule has 1 amide bonds. The number of aliphatic hydroxyl groups is 1. The number of hydrogen-bond donors (Lipinski definition) is 3. The maximum atomic E-state index is 13.0. The van der Waals surface area contributed by atoms with E-state index in [4.69, 9.17) is 5.73 Å². The fraction of sp³-hybridized carbons (Fsp3) is 0.682. The van der Waals surface area contributed by atoms with Gasteiger partial charge in [-0.25, -0.2) is 0 Å². The van der Waals surface area contributed by atoms with Gasteiger partial charge >= 0.3 is 0 Å². The number of aliphatic hydroxyl groups excluding tert-OH is 1. The number of hydrazine groups is 1. The monoisotopic (exact) mass is 375 g/mol. The van der Waals surface area contributed by atoms with Crippen LogP contribution in [0.3, 0.4) is 0 Å². The van der Waals surface area contributed by atoms with Crippen molar-refractivity contribution in [2.75, 3.05) is 12.0 Å². The first kappa shape index (κ1) is 21.7. The van der Waals surface area contributed by atoms with Gasteiger partial charge < -0.3 is 10.8 Å². The number of hydrogen-bond acceptors (Lipinski definition) is 4. The van der Waals surface area contributed by atoms with Gasteiger partial charge in [0.25, 0.3) is 5.91 Å². The van der Waals surface area contributed by atoms with Crippen molar-refractivity contribution in [3.63, 3.8) is 0 Å². The molecular weight excluding hydrogens is 338 g/mol. The van der Waals surface area contributed by atoms with Crippen molar-refractivity contribution in [1.29, 1.82) is 0 Å². The summed E-state index contributed by atoms with van der Waals surface area (Å²) in [6.45, 7) is 6.95. The summed E-state index contributed by atoms with van der Waals surface area (Å²) < 4.78 is 0. The molecule has 4 N–H and O–H groups in total. The standard InChI is InChI=1S/C22H37N3O2/c1-22(2,3)14-15-25(24-18-12-8-5-9-13-18)21(27)20(26)19(23)16-17-10-6-4-7-11-17/h5,8-9,12-13,17,19-20,24,26H,4,6-7,10-11,14-16,23H2,1-3H3/t19-,20?/m1/s1. The van der Waals surface area contributed by atoms with Crippen molar-refractivity contribution in [3.05, 3.63) is 30.3 Å². The van der Waals surface area contributed by atoms with Crippen LogP contribution >= 0.6 is 0 Å². The molecule has 0 heterocycles. The molecule has 5 nitrogen and oxygen atoms in total. The molecule has 0 spiro atoms. The van der Waals surface area contributed by atoms with Crippen molar-refractivity contribution < 1.29 is 9.90 Å². The molecule has 152 valence electrons. The van der Waals surface area contributed by atoms with Gasteiger partial charge in [0.05, 0.1) is 5.69 Å². The van der Waals surface area contributed by atoms with Crippen LogP contribution < -0.4 is 11.2 Å². The molecular formula is C22H37N3O2. The molecule has 1 fully saturated rings. The van der Waals surface area contributed by atoms with Crippen molar-refractivity contribution >= 4 is 11.6 Å². The second-order valence-corrected chi connectivity index (χ2v) is 9.13. The third-order valence-corrected chi connectivity index (χ3v) is 5.38. The van der Waals surface area contributed by atoms with E-state index in [9.17, 15) is 9.90 Å². The third kappa shape index (κ3) is 7.51. The van der Waals surface area contributed by atoms with Gasteiger partial charge in [-0.2, -0.15) is 0 Å². The molecule has 0 aliphatic heterocycles. The summed E-state index contributed by atoms with van der Waals surface area (Å²) in [4.78, 5) is 13.0. The molecule has 2 atom stereocenters. The van der Waals surface area contributed by atoms with E-state index in [0.717, 1.165) is 24.9 Å². The minimum Gasteiger partial charge on any atom is -0.382 e. The zero-order chi connectivity index (χ0) is 19.9. The first-order valence-corrected chi connectivity index (χ1v) is 10.3. The van der Waals surface area contributed by atoms with Crippen LogP contribution in [0.5, 0.6) is 0 Å². The Labute approximate surface area is 164 Å². The SMILES string of the molecule is CC(C)(C)CCN(Nc1ccccc1)C(=O)C(O)[C@H](N)CC1CCCCC1. The molecule has 1 saturated carbocycles. The van der Waals surface area contributed by atoms with Crippen LogP contribution in [-0.4, -0.2) is 34.7 Å². The summed E-state index contributed by atoms with van der Waals surface area (Å²) in [5.41, 5.74) is 10.3. The highest BCUT2D eigenvalue weighted by atomic mass is 16.3. The maximum Gasteiger partial charge on any atom is 0.271 e. The lowest BCUT2D eigenvalue weighted by Crippen LogP contribution is -2.51. The zero-order valence-electron chi connectivity index (χ0n) is 17.2. The van der Waals surface area contributed by atoms with Gasteiger partial charge in [0, 0.05) is 12.6 Å². The lowest BCUT2D eigenvalue weighted by Gasteiger charge is -2.32. The molecule has 0 aromatic heterocycles. The predicted molar refractivity (Wildman–Crippen MR) is 111 cm³/mol. The molecule has 27 heavy (non-hydrogen) atoms. The predicted octanol–water partition coefficient (Wildman–Crippen LogP) is 3.94. The molecule has 2 rings (SSSR count). The Morgan fingerprint density at radius 2 is 1.85 bits per heavy atom. The van der Waals surface area contributed by atoms with Gasteiger partial charge in [-0.1, -0.05) is 71.1 Å². The molecule has 1 aliphatic rings. The number of para-hydroxylation sites is 1. The normalized spacial score (nSPS) is 18.0. The minimum absolute atomic E-state index is 0.0893. The van der Waals surface area contributed by atoms with Gasteiger partial charge in [-0.15, -0.1) is 0 Å². The topological polar surface area (TPSA) is 78.6 Å². The number of carbonyl (C=O) groups excluding carboxylic acids is 1. The molecule has 1 aromatic rings. The highest BCUT2D eigenvalue weighted by molar-refractivity contribution is 5.82. The average Bonchev–Trinajstić information content (AvgIpc) is 2.65. The Morgan fingerprint density at radius 1 is 1.22 bits per heavy atom. The van der Waals surface area contributed by atoms with E-state index >= 15 is 0 Å². The Balaban J connectivity index is 2.01.